The van der Waals surface area contributed by atoms with Crippen molar-refractivity contribution in [2.75, 3.05) is 18.4 Å². The molecule has 0 bridgehead atoms. The van der Waals surface area contributed by atoms with Crippen molar-refractivity contribution in [2.45, 2.75) is 32.6 Å². The van der Waals surface area contributed by atoms with Crippen LogP contribution in [0.3, 0.4) is 0 Å². The molecule has 2 amide bonds. The Morgan fingerprint density at radius 3 is 2.69 bits per heavy atom. The summed E-state index contributed by atoms with van der Waals surface area (Å²) < 4.78 is 4.71. The molecule has 0 aliphatic heterocycles. The van der Waals surface area contributed by atoms with E-state index in [1.54, 1.807) is 11.0 Å². The molecule has 6 heteroatoms. The van der Waals surface area contributed by atoms with Gasteiger partial charge in [0, 0.05) is 18.5 Å². The van der Waals surface area contributed by atoms with Gasteiger partial charge in [-0.05, 0) is 30.2 Å². The molecule has 138 valence electrons. The molecular weight excluding hydrogens is 330 g/mol. The number of carbonyl (C=O) groups excluding carboxylic acids is 2. The van der Waals surface area contributed by atoms with Crippen molar-refractivity contribution in [3.63, 3.8) is 0 Å². The lowest BCUT2D eigenvalue weighted by Crippen LogP contribution is -2.40. The minimum Gasteiger partial charge on any atom is -0.363 e. The van der Waals surface area contributed by atoms with Crippen molar-refractivity contribution >= 4 is 17.6 Å². The van der Waals surface area contributed by atoms with Crippen molar-refractivity contribution in [3.05, 3.63) is 48.2 Å². The van der Waals surface area contributed by atoms with Gasteiger partial charge in [-0.25, -0.2) is 0 Å². The van der Waals surface area contributed by atoms with E-state index in [-0.39, 0.29) is 30.2 Å². The molecule has 6 nitrogen and oxygen atoms in total. The number of rotatable bonds is 8. The highest BCUT2D eigenvalue weighted by Crippen LogP contribution is 2.48. The van der Waals surface area contributed by atoms with Crippen LogP contribution in [0.2, 0.25) is 0 Å². The second-order valence-electron chi connectivity index (χ2n) is 7.23. The molecule has 0 unspecified atom stereocenters. The first kappa shape index (κ1) is 18.2. The first-order valence-electron chi connectivity index (χ1n) is 9.08. The maximum absolute atomic E-state index is 13.0. The van der Waals surface area contributed by atoms with Gasteiger partial charge in [0.05, 0.1) is 6.54 Å². The fraction of sp³-hybridized carbons (Fsp3) is 0.450. The van der Waals surface area contributed by atoms with Gasteiger partial charge in [-0.2, -0.15) is 0 Å². The molecule has 1 fully saturated rings. The summed E-state index contributed by atoms with van der Waals surface area (Å²) in [7, 11) is 0. The topological polar surface area (TPSA) is 75.4 Å². The molecule has 1 aliphatic rings. The molecular formula is C20H25N3O3. The van der Waals surface area contributed by atoms with E-state index in [0.717, 1.165) is 12.8 Å². The Bertz CT molecular complexity index is 728. The van der Waals surface area contributed by atoms with Crippen LogP contribution in [0.5, 0.6) is 0 Å². The van der Waals surface area contributed by atoms with E-state index in [2.05, 4.69) is 36.5 Å². The quantitative estimate of drug-likeness (QED) is 0.788. The van der Waals surface area contributed by atoms with Gasteiger partial charge in [0.25, 0.3) is 0 Å². The van der Waals surface area contributed by atoms with Crippen LogP contribution in [-0.2, 0) is 9.59 Å². The molecule has 1 aromatic carbocycles. The summed E-state index contributed by atoms with van der Waals surface area (Å²) in [6.07, 6.45) is 3.11. The highest BCUT2D eigenvalue weighted by atomic mass is 16.5. The van der Waals surface area contributed by atoms with E-state index >= 15 is 0 Å². The summed E-state index contributed by atoms with van der Waals surface area (Å²) in [5, 5.41) is 6.33. The molecule has 3 rings (SSSR count). The highest BCUT2D eigenvalue weighted by molar-refractivity contribution is 5.94. The highest BCUT2D eigenvalue weighted by Gasteiger charge is 2.45. The summed E-state index contributed by atoms with van der Waals surface area (Å²) in [6.45, 7) is 4.85. The van der Waals surface area contributed by atoms with Crippen LogP contribution in [-0.4, -0.2) is 35.0 Å². The average Bonchev–Trinajstić information content (AvgIpc) is 3.28. The molecule has 0 spiro atoms. The van der Waals surface area contributed by atoms with Crippen molar-refractivity contribution < 1.29 is 14.1 Å². The summed E-state index contributed by atoms with van der Waals surface area (Å²) >= 11 is 0. The number of amides is 2. The van der Waals surface area contributed by atoms with Crippen molar-refractivity contribution in [3.8, 4) is 0 Å². The summed E-state index contributed by atoms with van der Waals surface area (Å²) in [5.41, 5.74) is 1.20. The Kier molecular flexibility index (Phi) is 5.71. The Hall–Kier alpha value is -2.63. The second-order valence-corrected chi connectivity index (χ2v) is 7.23. The van der Waals surface area contributed by atoms with Crippen LogP contribution >= 0.6 is 0 Å². The van der Waals surface area contributed by atoms with Crippen LogP contribution in [0.15, 0.2) is 47.2 Å². The van der Waals surface area contributed by atoms with E-state index in [0.29, 0.717) is 18.3 Å². The van der Waals surface area contributed by atoms with Gasteiger partial charge in [-0.3, -0.25) is 9.59 Å². The second kappa shape index (κ2) is 8.17. The van der Waals surface area contributed by atoms with Gasteiger partial charge in [0.1, 0.15) is 6.26 Å². The normalized spacial score (nSPS) is 18.6. The zero-order chi connectivity index (χ0) is 18.5. The van der Waals surface area contributed by atoms with Gasteiger partial charge in [0.2, 0.25) is 11.8 Å². The molecule has 0 radical (unpaired) electrons. The first-order valence-corrected chi connectivity index (χ1v) is 9.08. The first-order chi connectivity index (χ1) is 12.5. The van der Waals surface area contributed by atoms with E-state index < -0.39 is 0 Å². The van der Waals surface area contributed by atoms with Crippen molar-refractivity contribution in [1.29, 1.82) is 0 Å². The molecule has 1 saturated carbocycles. The van der Waals surface area contributed by atoms with Crippen LogP contribution in [0.1, 0.15) is 38.2 Å². The summed E-state index contributed by atoms with van der Waals surface area (Å²) in [6, 6.07) is 11.7. The molecule has 2 atom stereocenters. The molecule has 1 aliphatic carbocycles. The Morgan fingerprint density at radius 2 is 2.04 bits per heavy atom. The largest absolute Gasteiger partial charge is 0.363 e. The maximum Gasteiger partial charge on any atom is 0.245 e. The molecule has 2 aromatic rings. The average molecular weight is 355 g/mol. The van der Waals surface area contributed by atoms with E-state index in [1.807, 2.05) is 18.2 Å². The fourth-order valence-corrected chi connectivity index (χ4v) is 3.08. The third-order valence-corrected chi connectivity index (χ3v) is 4.66. The number of hydrogen-bond acceptors (Lipinski definition) is 4. The van der Waals surface area contributed by atoms with E-state index in [9.17, 15) is 9.59 Å². The SMILES string of the molecule is CC(C)CCN(CC(=O)Nc1ccon1)C(=O)[C@@H]1C[C@H]1c1ccccc1. The summed E-state index contributed by atoms with van der Waals surface area (Å²) in [4.78, 5) is 26.9. The van der Waals surface area contributed by atoms with Crippen LogP contribution in [0.25, 0.3) is 0 Å². The predicted molar refractivity (Wildman–Crippen MR) is 98.5 cm³/mol. The lowest BCUT2D eigenvalue weighted by molar-refractivity contribution is -0.136. The number of aromatic nitrogens is 1. The Morgan fingerprint density at radius 1 is 1.27 bits per heavy atom. The predicted octanol–water partition coefficient (Wildman–Crippen LogP) is 3.29. The number of nitrogens with zero attached hydrogens (tertiary/aromatic N) is 2. The van der Waals surface area contributed by atoms with E-state index in [1.165, 1.54) is 11.8 Å². The monoisotopic (exact) mass is 355 g/mol. The number of anilines is 1. The zero-order valence-electron chi connectivity index (χ0n) is 15.2. The van der Waals surface area contributed by atoms with Gasteiger partial charge in [0.15, 0.2) is 5.82 Å². The van der Waals surface area contributed by atoms with Crippen LogP contribution in [0.4, 0.5) is 5.82 Å². The number of nitrogens with one attached hydrogen (secondary N) is 1. The zero-order valence-corrected chi connectivity index (χ0v) is 15.2. The lowest BCUT2D eigenvalue weighted by Gasteiger charge is -2.23. The third kappa shape index (κ3) is 4.71. The third-order valence-electron chi connectivity index (χ3n) is 4.66. The Labute approximate surface area is 153 Å². The minimum absolute atomic E-state index is 0.0237. The Balaban J connectivity index is 1.61. The summed E-state index contributed by atoms with van der Waals surface area (Å²) in [5.74, 6) is 0.879. The van der Waals surface area contributed by atoms with Gasteiger partial charge < -0.3 is 14.7 Å². The van der Waals surface area contributed by atoms with Crippen molar-refractivity contribution in [2.24, 2.45) is 11.8 Å². The van der Waals surface area contributed by atoms with Gasteiger partial charge >= 0.3 is 0 Å². The molecule has 1 N–H and O–H groups in total. The number of hydrogen-bond donors (Lipinski definition) is 1. The lowest BCUT2D eigenvalue weighted by atomic mass is 10.1. The standard InChI is InChI=1S/C20H25N3O3/c1-14(2)8-10-23(13-19(24)21-18-9-11-26-22-18)20(25)17-12-16(17)15-6-4-3-5-7-15/h3-7,9,11,14,16-17H,8,10,12-13H2,1-2H3,(H,21,22,24)/t16-,17+/m0/s1. The van der Waals surface area contributed by atoms with E-state index in [4.69, 9.17) is 4.52 Å². The van der Waals surface area contributed by atoms with Crippen molar-refractivity contribution in [1.82, 2.24) is 10.1 Å². The fourth-order valence-electron chi connectivity index (χ4n) is 3.08. The molecule has 1 heterocycles. The molecule has 26 heavy (non-hydrogen) atoms. The number of benzene rings is 1. The minimum atomic E-state index is -0.257. The molecule has 1 aromatic heterocycles. The smallest absolute Gasteiger partial charge is 0.245 e. The number of carbonyl (C=O) groups is 2. The maximum atomic E-state index is 13.0. The van der Waals surface area contributed by atoms with Crippen LogP contribution < -0.4 is 5.32 Å². The van der Waals surface area contributed by atoms with Gasteiger partial charge in [-0.1, -0.05) is 49.3 Å². The molecule has 0 saturated heterocycles. The van der Waals surface area contributed by atoms with Gasteiger partial charge in [-0.15, -0.1) is 0 Å². The van der Waals surface area contributed by atoms with Crippen LogP contribution in [0, 0.1) is 11.8 Å².